The Bertz CT molecular complexity index is 724. The van der Waals surface area contributed by atoms with Crippen LogP contribution in [0.25, 0.3) is 0 Å². The average molecular weight is 346 g/mol. The van der Waals surface area contributed by atoms with E-state index in [1.54, 1.807) is 0 Å². The van der Waals surface area contributed by atoms with Gasteiger partial charge in [-0.3, -0.25) is 5.43 Å². The number of anilines is 1. The molecule has 0 aliphatic rings. The van der Waals surface area contributed by atoms with Gasteiger partial charge in [-0.05, 0) is 61.8 Å². The smallest absolute Gasteiger partial charge is 0.191 e. The van der Waals surface area contributed by atoms with E-state index in [2.05, 4.69) is 35.8 Å². The van der Waals surface area contributed by atoms with E-state index >= 15 is 0 Å². The molecular weight excluding hydrogens is 326 g/mol. The van der Waals surface area contributed by atoms with Crippen molar-refractivity contribution in [2.24, 2.45) is 5.10 Å². The molecule has 3 nitrogen and oxygen atoms in total. The molecule has 5 heteroatoms. The maximum atomic E-state index is 5.92. The lowest BCUT2D eigenvalue weighted by Crippen LogP contribution is -2.25. The molecule has 2 N–H and O–H groups in total. The molecule has 0 bridgehead atoms. The van der Waals surface area contributed by atoms with Crippen LogP contribution >= 0.6 is 23.8 Å². The first-order chi connectivity index (χ1) is 11.0. The van der Waals surface area contributed by atoms with Gasteiger partial charge in [-0.25, -0.2) is 0 Å². The summed E-state index contributed by atoms with van der Waals surface area (Å²) in [6, 6.07) is 13.8. The predicted octanol–water partition coefficient (Wildman–Crippen LogP) is 5.06. The molecule has 2 aromatic carbocycles. The summed E-state index contributed by atoms with van der Waals surface area (Å²) in [5.41, 5.74) is 8.21. The quantitative estimate of drug-likeness (QED) is 0.462. The predicted molar refractivity (Wildman–Crippen MR) is 104 cm³/mol. The van der Waals surface area contributed by atoms with Crippen molar-refractivity contribution in [1.29, 1.82) is 0 Å². The normalized spacial score (nSPS) is 11.2. The number of hydrogen-bond donors (Lipinski definition) is 2. The molecule has 0 radical (unpaired) electrons. The van der Waals surface area contributed by atoms with Gasteiger partial charge in [-0.15, -0.1) is 0 Å². The number of thiocarbonyl (C=S) groups is 1. The Balaban J connectivity index is 2.05. The third-order valence-electron chi connectivity index (χ3n) is 3.43. The second kappa shape index (κ2) is 8.09. The summed E-state index contributed by atoms with van der Waals surface area (Å²) in [4.78, 5) is 0. The van der Waals surface area contributed by atoms with Crippen LogP contribution in [-0.2, 0) is 0 Å². The van der Waals surface area contributed by atoms with Gasteiger partial charge in [0.05, 0.1) is 5.71 Å². The van der Waals surface area contributed by atoms with Crippen molar-refractivity contribution in [2.45, 2.75) is 27.2 Å². The molecule has 0 spiro atoms. The van der Waals surface area contributed by atoms with E-state index in [0.29, 0.717) is 10.1 Å². The fourth-order valence-corrected chi connectivity index (χ4v) is 2.49. The van der Waals surface area contributed by atoms with Gasteiger partial charge in [-0.1, -0.05) is 48.4 Å². The monoisotopic (exact) mass is 345 g/mol. The highest BCUT2D eigenvalue weighted by molar-refractivity contribution is 7.80. The van der Waals surface area contributed by atoms with Crippen molar-refractivity contribution in [3.63, 3.8) is 0 Å². The largest absolute Gasteiger partial charge is 0.331 e. The molecular formula is C18H20ClN3S. The lowest BCUT2D eigenvalue weighted by Gasteiger charge is -2.11. The second-order valence-electron chi connectivity index (χ2n) is 5.30. The van der Waals surface area contributed by atoms with Gasteiger partial charge >= 0.3 is 0 Å². The topological polar surface area (TPSA) is 36.4 Å². The fraction of sp³-hybridized carbons (Fsp3) is 0.222. The number of nitrogens with one attached hydrogen (secondary N) is 2. The Hall–Kier alpha value is -1.91. The summed E-state index contributed by atoms with van der Waals surface area (Å²) in [5.74, 6) is 0. The first-order valence-electron chi connectivity index (χ1n) is 7.46. The maximum Gasteiger partial charge on any atom is 0.191 e. The van der Waals surface area contributed by atoms with Crippen molar-refractivity contribution >= 4 is 40.3 Å². The van der Waals surface area contributed by atoms with E-state index < -0.39 is 0 Å². The van der Waals surface area contributed by atoms with Crippen LogP contribution in [0.2, 0.25) is 5.02 Å². The molecule has 2 aromatic rings. The van der Waals surface area contributed by atoms with E-state index in [0.717, 1.165) is 28.9 Å². The minimum Gasteiger partial charge on any atom is -0.331 e. The minimum absolute atomic E-state index is 0.469. The van der Waals surface area contributed by atoms with Gasteiger partial charge in [-0.2, -0.15) is 5.10 Å². The number of halogens is 1. The standard InChI is InChI=1S/C18H20ClN3S/c1-4-16(14-6-8-15(19)9-7-14)21-22-18(23)20-17-10-5-12(2)11-13(17)3/h5-11H,4H2,1-3H3,(H2,20,22,23)/b21-16+. The Morgan fingerprint density at radius 3 is 2.43 bits per heavy atom. The van der Waals surface area contributed by atoms with Crippen molar-refractivity contribution in [3.8, 4) is 0 Å². The molecule has 0 aliphatic carbocycles. The van der Waals surface area contributed by atoms with E-state index in [9.17, 15) is 0 Å². The molecule has 0 aliphatic heterocycles. The van der Waals surface area contributed by atoms with Crippen LogP contribution in [0, 0.1) is 13.8 Å². The van der Waals surface area contributed by atoms with Gasteiger partial charge in [0.2, 0.25) is 0 Å². The molecule has 0 unspecified atom stereocenters. The summed E-state index contributed by atoms with van der Waals surface area (Å²) in [6.45, 7) is 6.17. The lowest BCUT2D eigenvalue weighted by atomic mass is 10.1. The number of rotatable bonds is 4. The molecule has 23 heavy (non-hydrogen) atoms. The molecule has 0 atom stereocenters. The number of aryl methyl sites for hydroxylation is 2. The van der Waals surface area contributed by atoms with Gasteiger partial charge in [0.15, 0.2) is 5.11 Å². The molecule has 0 heterocycles. The summed E-state index contributed by atoms with van der Waals surface area (Å²) in [7, 11) is 0. The lowest BCUT2D eigenvalue weighted by molar-refractivity contribution is 1.02. The van der Waals surface area contributed by atoms with Crippen LogP contribution < -0.4 is 10.7 Å². The molecule has 2 rings (SSSR count). The van der Waals surface area contributed by atoms with Gasteiger partial charge in [0.1, 0.15) is 0 Å². The number of hydrogen-bond acceptors (Lipinski definition) is 2. The third-order valence-corrected chi connectivity index (χ3v) is 3.88. The third kappa shape index (κ3) is 5.05. The Morgan fingerprint density at radius 2 is 1.83 bits per heavy atom. The zero-order valence-corrected chi connectivity index (χ0v) is 15.1. The highest BCUT2D eigenvalue weighted by Crippen LogP contribution is 2.16. The summed E-state index contributed by atoms with van der Waals surface area (Å²) in [6.07, 6.45) is 0.792. The number of hydrazone groups is 1. The Morgan fingerprint density at radius 1 is 1.13 bits per heavy atom. The van der Waals surface area contributed by atoms with Crippen molar-refractivity contribution in [2.75, 3.05) is 5.32 Å². The van der Waals surface area contributed by atoms with E-state index in [1.807, 2.05) is 43.3 Å². The van der Waals surface area contributed by atoms with Gasteiger partial charge < -0.3 is 5.32 Å². The van der Waals surface area contributed by atoms with Gasteiger partial charge in [0.25, 0.3) is 0 Å². The maximum absolute atomic E-state index is 5.92. The minimum atomic E-state index is 0.469. The van der Waals surface area contributed by atoms with Crippen LogP contribution in [0.3, 0.4) is 0 Å². The zero-order chi connectivity index (χ0) is 16.8. The first kappa shape index (κ1) is 17.4. The molecule has 0 aromatic heterocycles. The highest BCUT2D eigenvalue weighted by atomic mass is 35.5. The second-order valence-corrected chi connectivity index (χ2v) is 6.15. The molecule has 0 saturated heterocycles. The summed E-state index contributed by atoms with van der Waals surface area (Å²) < 4.78 is 0. The average Bonchev–Trinajstić information content (AvgIpc) is 2.52. The van der Waals surface area contributed by atoms with E-state index in [1.165, 1.54) is 5.56 Å². The Kier molecular flexibility index (Phi) is 6.13. The summed E-state index contributed by atoms with van der Waals surface area (Å²) >= 11 is 11.2. The van der Waals surface area contributed by atoms with Crippen LogP contribution in [-0.4, -0.2) is 10.8 Å². The SMILES string of the molecule is CC/C(=N\NC(=S)Nc1ccc(C)cc1C)c1ccc(Cl)cc1. The fourth-order valence-electron chi connectivity index (χ4n) is 2.21. The van der Waals surface area contributed by atoms with Crippen LogP contribution in [0.5, 0.6) is 0 Å². The van der Waals surface area contributed by atoms with Gasteiger partial charge in [0, 0.05) is 10.7 Å². The number of nitrogens with zero attached hydrogens (tertiary/aromatic N) is 1. The summed E-state index contributed by atoms with van der Waals surface area (Å²) in [5, 5.41) is 8.76. The highest BCUT2D eigenvalue weighted by Gasteiger charge is 2.04. The Labute approximate surface area is 147 Å². The first-order valence-corrected chi connectivity index (χ1v) is 8.25. The van der Waals surface area contributed by atoms with Crippen LogP contribution in [0.15, 0.2) is 47.6 Å². The molecule has 0 saturated carbocycles. The van der Waals surface area contributed by atoms with Crippen molar-refractivity contribution in [3.05, 3.63) is 64.2 Å². The van der Waals surface area contributed by atoms with E-state index in [-0.39, 0.29) is 0 Å². The zero-order valence-electron chi connectivity index (χ0n) is 13.5. The van der Waals surface area contributed by atoms with Crippen LogP contribution in [0.4, 0.5) is 5.69 Å². The molecule has 0 fully saturated rings. The van der Waals surface area contributed by atoms with E-state index in [4.69, 9.17) is 23.8 Å². The number of benzene rings is 2. The molecule has 120 valence electrons. The van der Waals surface area contributed by atoms with Crippen molar-refractivity contribution < 1.29 is 0 Å². The van der Waals surface area contributed by atoms with Crippen LogP contribution in [0.1, 0.15) is 30.0 Å². The molecule has 0 amide bonds. The van der Waals surface area contributed by atoms with Crippen molar-refractivity contribution in [1.82, 2.24) is 5.43 Å².